The molecule has 0 radical (unpaired) electrons. The van der Waals surface area contributed by atoms with Crippen molar-refractivity contribution in [3.63, 3.8) is 0 Å². The molecule has 0 saturated heterocycles. The molecular formula is C41H66O3. The number of hydrogen-bond donors (Lipinski definition) is 0. The van der Waals surface area contributed by atoms with Crippen molar-refractivity contribution in [2.45, 2.75) is 175 Å². The minimum absolute atomic E-state index is 0.0822. The summed E-state index contributed by atoms with van der Waals surface area (Å²) in [6, 6.07) is 16.8. The molecule has 248 valence electrons. The van der Waals surface area contributed by atoms with Gasteiger partial charge in [-0.25, -0.2) is 0 Å². The second-order valence-corrected chi connectivity index (χ2v) is 12.9. The molecule has 3 heteroatoms. The van der Waals surface area contributed by atoms with Gasteiger partial charge in [-0.1, -0.05) is 179 Å². The second-order valence-electron chi connectivity index (χ2n) is 12.9. The van der Waals surface area contributed by atoms with Gasteiger partial charge >= 0.3 is 5.97 Å². The zero-order valence-corrected chi connectivity index (χ0v) is 28.9. The van der Waals surface area contributed by atoms with Gasteiger partial charge in [0.15, 0.2) is 0 Å². The highest BCUT2D eigenvalue weighted by Crippen LogP contribution is 2.26. The van der Waals surface area contributed by atoms with Crippen molar-refractivity contribution in [1.29, 1.82) is 0 Å². The second kappa shape index (κ2) is 26.0. The van der Waals surface area contributed by atoms with Crippen LogP contribution in [0.5, 0.6) is 5.75 Å². The van der Waals surface area contributed by atoms with Crippen molar-refractivity contribution in [2.24, 2.45) is 0 Å². The molecule has 2 aromatic carbocycles. The lowest BCUT2D eigenvalue weighted by Gasteiger charge is -2.14. The molecule has 44 heavy (non-hydrogen) atoms. The first-order valence-corrected chi connectivity index (χ1v) is 18.7. The lowest BCUT2D eigenvalue weighted by Crippen LogP contribution is -2.08. The van der Waals surface area contributed by atoms with E-state index < -0.39 is 0 Å². The number of carbonyl (C=O) groups excluding carboxylic acids is 1. The van der Waals surface area contributed by atoms with Gasteiger partial charge in [0.2, 0.25) is 0 Å². The number of carbonyl (C=O) groups is 1. The Balaban J connectivity index is 1.54. The van der Waals surface area contributed by atoms with Gasteiger partial charge < -0.3 is 9.47 Å². The molecule has 0 aliphatic heterocycles. The van der Waals surface area contributed by atoms with Crippen LogP contribution in [0.4, 0.5) is 0 Å². The molecule has 0 heterocycles. The van der Waals surface area contributed by atoms with Gasteiger partial charge in [0.1, 0.15) is 11.9 Å². The number of rotatable bonds is 28. The molecule has 0 N–H and O–H groups in total. The van der Waals surface area contributed by atoms with Gasteiger partial charge in [0.05, 0.1) is 6.61 Å². The van der Waals surface area contributed by atoms with E-state index >= 15 is 0 Å². The number of hydrogen-bond acceptors (Lipinski definition) is 3. The minimum Gasteiger partial charge on any atom is -0.494 e. The van der Waals surface area contributed by atoms with E-state index in [0.717, 1.165) is 42.7 Å². The van der Waals surface area contributed by atoms with E-state index in [4.69, 9.17) is 9.47 Å². The topological polar surface area (TPSA) is 35.5 Å². The van der Waals surface area contributed by atoms with Crippen LogP contribution in [-0.2, 0) is 9.53 Å². The first-order chi connectivity index (χ1) is 21.6. The fourth-order valence-corrected chi connectivity index (χ4v) is 5.90. The number of esters is 1. The minimum atomic E-state index is -0.226. The average Bonchev–Trinajstić information content (AvgIpc) is 3.04. The van der Waals surface area contributed by atoms with E-state index in [-0.39, 0.29) is 12.1 Å². The molecule has 0 saturated carbocycles. The third-order valence-corrected chi connectivity index (χ3v) is 8.88. The molecule has 0 fully saturated rings. The Morgan fingerprint density at radius 3 is 1.36 bits per heavy atom. The Kier molecular flexibility index (Phi) is 22.4. The van der Waals surface area contributed by atoms with Gasteiger partial charge in [0.25, 0.3) is 0 Å². The monoisotopic (exact) mass is 607 g/mol. The Morgan fingerprint density at radius 2 is 0.909 bits per heavy atom. The molecule has 2 aromatic rings. The van der Waals surface area contributed by atoms with Crippen LogP contribution < -0.4 is 4.74 Å². The highest BCUT2D eigenvalue weighted by molar-refractivity contribution is 5.70. The molecule has 0 spiro atoms. The van der Waals surface area contributed by atoms with Crippen molar-refractivity contribution in [3.8, 4) is 16.9 Å². The van der Waals surface area contributed by atoms with Crippen LogP contribution in [0.25, 0.3) is 11.1 Å². The van der Waals surface area contributed by atoms with E-state index in [9.17, 15) is 4.79 Å². The van der Waals surface area contributed by atoms with E-state index in [1.807, 2.05) is 6.92 Å². The number of benzene rings is 2. The molecule has 0 aliphatic carbocycles. The third kappa shape index (κ3) is 18.5. The Labute approximate surface area is 271 Å². The summed E-state index contributed by atoms with van der Waals surface area (Å²) in [5.74, 6) is 0.858. The number of ether oxygens (including phenoxy) is 2. The molecule has 0 aliphatic rings. The number of unbranched alkanes of at least 4 members (excludes halogenated alkanes) is 20. The summed E-state index contributed by atoms with van der Waals surface area (Å²) >= 11 is 0. The Morgan fingerprint density at radius 1 is 0.523 bits per heavy atom. The summed E-state index contributed by atoms with van der Waals surface area (Å²) in [6.45, 7) is 7.31. The molecule has 3 nitrogen and oxygen atoms in total. The van der Waals surface area contributed by atoms with E-state index in [2.05, 4.69) is 62.4 Å². The van der Waals surface area contributed by atoms with Crippen LogP contribution in [0.15, 0.2) is 48.5 Å². The summed E-state index contributed by atoms with van der Waals surface area (Å²) in [4.78, 5) is 12.4. The van der Waals surface area contributed by atoms with Crippen LogP contribution in [0.2, 0.25) is 0 Å². The lowest BCUT2D eigenvalue weighted by atomic mass is 10.0. The van der Waals surface area contributed by atoms with Gasteiger partial charge in [-0.15, -0.1) is 0 Å². The highest BCUT2D eigenvalue weighted by atomic mass is 16.5. The first-order valence-electron chi connectivity index (χ1n) is 18.7. The average molecular weight is 607 g/mol. The van der Waals surface area contributed by atoms with Crippen LogP contribution in [-0.4, -0.2) is 12.6 Å². The van der Waals surface area contributed by atoms with Crippen molar-refractivity contribution in [3.05, 3.63) is 54.1 Å². The Bertz CT molecular complexity index is 933. The third-order valence-electron chi connectivity index (χ3n) is 8.88. The molecule has 2 rings (SSSR count). The predicted molar refractivity (Wildman–Crippen MR) is 189 cm³/mol. The van der Waals surface area contributed by atoms with E-state index in [0.29, 0.717) is 6.42 Å². The first kappa shape index (κ1) is 37.9. The fraction of sp³-hybridized carbons (Fsp3) is 0.683. The molecule has 1 atom stereocenters. The normalized spacial score (nSPS) is 11.9. The smallest absolute Gasteiger partial charge is 0.306 e. The Hall–Kier alpha value is -2.29. The fourth-order valence-electron chi connectivity index (χ4n) is 5.90. The summed E-state index contributed by atoms with van der Waals surface area (Å²) in [6.07, 6.45) is 29.3. The quantitative estimate of drug-likeness (QED) is 0.0714. The maximum atomic E-state index is 12.4. The molecule has 0 bridgehead atoms. The standard InChI is InChI=1S/C41H66O3/c1-4-6-8-10-12-14-16-18-20-22-24-26-41(42)44-36(3)37-27-29-38(30-28-37)39-31-33-40(34-32-39)43-35-25-23-21-19-17-15-13-11-9-7-5-2/h27-34,36H,4-26,35H2,1-3H3. The molecular weight excluding hydrogens is 540 g/mol. The van der Waals surface area contributed by atoms with Crippen LogP contribution >= 0.6 is 0 Å². The van der Waals surface area contributed by atoms with E-state index in [1.165, 1.54) is 128 Å². The van der Waals surface area contributed by atoms with Crippen LogP contribution in [0, 0.1) is 0 Å². The van der Waals surface area contributed by atoms with Crippen molar-refractivity contribution in [1.82, 2.24) is 0 Å². The summed E-state index contributed by atoms with van der Waals surface area (Å²) in [5, 5.41) is 0. The van der Waals surface area contributed by atoms with E-state index in [1.54, 1.807) is 0 Å². The van der Waals surface area contributed by atoms with Gasteiger partial charge in [-0.2, -0.15) is 0 Å². The lowest BCUT2D eigenvalue weighted by molar-refractivity contribution is -0.148. The van der Waals surface area contributed by atoms with Gasteiger partial charge in [-0.3, -0.25) is 4.79 Å². The SMILES string of the molecule is CCCCCCCCCCCCCOc1ccc(-c2ccc(C(C)OC(=O)CCCCCCCCCCCCC)cc2)cc1. The van der Waals surface area contributed by atoms with Crippen LogP contribution in [0.1, 0.15) is 180 Å². The molecule has 0 aromatic heterocycles. The van der Waals surface area contributed by atoms with Crippen molar-refractivity contribution < 1.29 is 14.3 Å². The summed E-state index contributed by atoms with van der Waals surface area (Å²) < 4.78 is 11.7. The maximum absolute atomic E-state index is 12.4. The molecule has 1 unspecified atom stereocenters. The maximum Gasteiger partial charge on any atom is 0.306 e. The largest absolute Gasteiger partial charge is 0.494 e. The van der Waals surface area contributed by atoms with Crippen LogP contribution in [0.3, 0.4) is 0 Å². The van der Waals surface area contributed by atoms with Gasteiger partial charge in [-0.05, 0) is 48.6 Å². The highest BCUT2D eigenvalue weighted by Gasteiger charge is 2.12. The predicted octanol–water partition coefficient (Wildman–Crippen LogP) is 13.3. The summed E-state index contributed by atoms with van der Waals surface area (Å²) in [7, 11) is 0. The van der Waals surface area contributed by atoms with Crippen molar-refractivity contribution in [2.75, 3.05) is 6.61 Å². The van der Waals surface area contributed by atoms with Gasteiger partial charge in [0, 0.05) is 6.42 Å². The molecule has 0 amide bonds. The zero-order chi connectivity index (χ0) is 31.5. The van der Waals surface area contributed by atoms with Crippen molar-refractivity contribution >= 4 is 5.97 Å². The zero-order valence-electron chi connectivity index (χ0n) is 28.9. The summed E-state index contributed by atoms with van der Waals surface area (Å²) in [5.41, 5.74) is 3.36.